The molecule has 1 fully saturated rings. The fourth-order valence-corrected chi connectivity index (χ4v) is 2.30. The van der Waals surface area contributed by atoms with E-state index < -0.39 is 0 Å². The zero-order valence-corrected chi connectivity index (χ0v) is 11.6. The number of nitrogens with two attached hydrogens (primary N) is 1. The molecule has 1 rings (SSSR count). The van der Waals surface area contributed by atoms with Crippen molar-refractivity contribution in [2.75, 3.05) is 52.4 Å². The summed E-state index contributed by atoms with van der Waals surface area (Å²) in [6.07, 6.45) is 2.39. The van der Waals surface area contributed by atoms with E-state index in [-0.39, 0.29) is 0 Å². The molecule has 0 aliphatic carbocycles. The third-order valence-electron chi connectivity index (χ3n) is 2.89. The summed E-state index contributed by atoms with van der Waals surface area (Å²) >= 11 is 2.21. The van der Waals surface area contributed by atoms with Crippen LogP contribution in [0.5, 0.6) is 0 Å². The SMILES string of the molecule is NCCCN1CCN(CCCNI)CC1. The molecule has 0 atom stereocenters. The molecular formula is C10H23IN4. The number of rotatable bonds is 7. The Morgan fingerprint density at radius 2 is 1.53 bits per heavy atom. The number of halogens is 1. The second kappa shape index (κ2) is 8.69. The van der Waals surface area contributed by atoms with Crippen LogP contribution in [0.15, 0.2) is 0 Å². The summed E-state index contributed by atoms with van der Waals surface area (Å²) in [5.74, 6) is 0. The summed E-state index contributed by atoms with van der Waals surface area (Å²) < 4.78 is 3.16. The Bertz CT molecular complexity index is 148. The maximum atomic E-state index is 5.51. The first-order chi connectivity index (χ1) is 7.36. The minimum atomic E-state index is 0.821. The number of piperazine rings is 1. The van der Waals surface area contributed by atoms with Gasteiger partial charge in [-0.05, 0) is 32.5 Å². The van der Waals surface area contributed by atoms with Gasteiger partial charge >= 0.3 is 0 Å². The van der Waals surface area contributed by atoms with Gasteiger partial charge in [0.25, 0.3) is 0 Å². The van der Waals surface area contributed by atoms with E-state index in [1.54, 1.807) is 0 Å². The highest BCUT2D eigenvalue weighted by atomic mass is 127. The molecule has 0 saturated carbocycles. The van der Waals surface area contributed by atoms with Crippen LogP contribution in [-0.2, 0) is 0 Å². The lowest BCUT2D eigenvalue weighted by molar-refractivity contribution is 0.131. The number of nitrogens with zero attached hydrogens (tertiary/aromatic N) is 2. The number of nitrogens with one attached hydrogen (secondary N) is 1. The van der Waals surface area contributed by atoms with E-state index in [4.69, 9.17) is 5.73 Å². The Morgan fingerprint density at radius 3 is 2.00 bits per heavy atom. The molecule has 0 amide bonds. The van der Waals surface area contributed by atoms with Gasteiger partial charge in [0.05, 0.1) is 0 Å². The molecule has 0 radical (unpaired) electrons. The largest absolute Gasteiger partial charge is 0.330 e. The van der Waals surface area contributed by atoms with Gasteiger partial charge < -0.3 is 15.5 Å². The first-order valence-electron chi connectivity index (χ1n) is 5.85. The minimum Gasteiger partial charge on any atom is -0.330 e. The molecule has 3 N–H and O–H groups in total. The van der Waals surface area contributed by atoms with Crippen LogP contribution in [-0.4, -0.2) is 62.2 Å². The van der Waals surface area contributed by atoms with Gasteiger partial charge in [0, 0.05) is 55.6 Å². The molecule has 0 unspecified atom stereocenters. The van der Waals surface area contributed by atoms with Crippen molar-refractivity contribution >= 4 is 22.9 Å². The van der Waals surface area contributed by atoms with Crippen molar-refractivity contribution in [3.05, 3.63) is 0 Å². The molecular weight excluding hydrogens is 303 g/mol. The van der Waals surface area contributed by atoms with E-state index in [0.717, 1.165) is 19.5 Å². The lowest BCUT2D eigenvalue weighted by Gasteiger charge is -2.34. The lowest BCUT2D eigenvalue weighted by atomic mass is 10.2. The minimum absolute atomic E-state index is 0.821. The summed E-state index contributed by atoms with van der Waals surface area (Å²) in [4.78, 5) is 5.09. The Kier molecular flexibility index (Phi) is 7.90. The molecule has 5 heteroatoms. The van der Waals surface area contributed by atoms with Crippen LogP contribution >= 0.6 is 22.9 Å². The second-order valence-corrected chi connectivity index (χ2v) is 4.83. The van der Waals surface area contributed by atoms with Gasteiger partial charge in [-0.25, -0.2) is 0 Å². The molecule has 90 valence electrons. The fourth-order valence-electron chi connectivity index (χ4n) is 1.92. The van der Waals surface area contributed by atoms with E-state index >= 15 is 0 Å². The smallest absolute Gasteiger partial charge is 0.0169 e. The van der Waals surface area contributed by atoms with Crippen LogP contribution < -0.4 is 9.26 Å². The Labute approximate surface area is 107 Å². The van der Waals surface area contributed by atoms with Crippen LogP contribution in [0.25, 0.3) is 0 Å². The molecule has 0 bridgehead atoms. The zero-order chi connectivity index (χ0) is 10.9. The monoisotopic (exact) mass is 326 g/mol. The van der Waals surface area contributed by atoms with E-state index in [0.29, 0.717) is 0 Å². The highest BCUT2D eigenvalue weighted by Crippen LogP contribution is 2.02. The highest BCUT2D eigenvalue weighted by Gasteiger charge is 2.15. The summed E-state index contributed by atoms with van der Waals surface area (Å²) in [6, 6.07) is 0. The van der Waals surface area contributed by atoms with Crippen LogP contribution in [0.2, 0.25) is 0 Å². The van der Waals surface area contributed by atoms with Crippen molar-refractivity contribution in [1.82, 2.24) is 13.3 Å². The van der Waals surface area contributed by atoms with Crippen LogP contribution in [0, 0.1) is 0 Å². The van der Waals surface area contributed by atoms with E-state index in [1.165, 1.54) is 45.7 Å². The molecule has 0 aromatic carbocycles. The molecule has 4 nitrogen and oxygen atoms in total. The van der Waals surface area contributed by atoms with E-state index in [1.807, 2.05) is 0 Å². The average molecular weight is 326 g/mol. The van der Waals surface area contributed by atoms with Crippen LogP contribution in [0.1, 0.15) is 12.8 Å². The normalized spacial score (nSPS) is 19.6. The fraction of sp³-hybridized carbons (Fsp3) is 1.00. The lowest BCUT2D eigenvalue weighted by Crippen LogP contribution is -2.47. The van der Waals surface area contributed by atoms with Crippen molar-refractivity contribution in [2.24, 2.45) is 5.73 Å². The van der Waals surface area contributed by atoms with Crippen molar-refractivity contribution in [1.29, 1.82) is 0 Å². The first kappa shape index (κ1) is 13.6. The number of hydrogen-bond donors (Lipinski definition) is 2. The van der Waals surface area contributed by atoms with Gasteiger partial charge in [-0.1, -0.05) is 0 Å². The Morgan fingerprint density at radius 1 is 1.00 bits per heavy atom. The molecule has 0 spiro atoms. The predicted molar refractivity (Wildman–Crippen MR) is 73.2 cm³/mol. The third kappa shape index (κ3) is 6.01. The van der Waals surface area contributed by atoms with Gasteiger partial charge in [0.1, 0.15) is 0 Å². The predicted octanol–water partition coefficient (Wildman–Crippen LogP) is 0.283. The standard InChI is InChI=1S/C10H23IN4/c11-13-4-2-6-15-9-7-14(8-10-15)5-1-3-12/h13H,1-10,12H2. The zero-order valence-electron chi connectivity index (χ0n) is 9.42. The molecule has 0 aromatic rings. The van der Waals surface area contributed by atoms with Crippen molar-refractivity contribution in [3.8, 4) is 0 Å². The highest BCUT2D eigenvalue weighted by molar-refractivity contribution is 14.1. The molecule has 0 aromatic heterocycles. The molecule has 1 aliphatic heterocycles. The maximum absolute atomic E-state index is 5.51. The Hall–Kier alpha value is 0.570. The van der Waals surface area contributed by atoms with Crippen molar-refractivity contribution in [2.45, 2.75) is 12.8 Å². The number of hydrogen-bond acceptors (Lipinski definition) is 4. The second-order valence-electron chi connectivity index (χ2n) is 4.06. The van der Waals surface area contributed by atoms with Crippen molar-refractivity contribution < 1.29 is 0 Å². The molecule has 1 aliphatic rings. The van der Waals surface area contributed by atoms with Gasteiger partial charge in [-0.15, -0.1) is 0 Å². The van der Waals surface area contributed by atoms with Gasteiger partial charge in [0.15, 0.2) is 0 Å². The summed E-state index contributed by atoms with van der Waals surface area (Å²) in [6.45, 7) is 9.25. The summed E-state index contributed by atoms with van der Waals surface area (Å²) in [5.41, 5.74) is 5.51. The summed E-state index contributed by atoms with van der Waals surface area (Å²) in [7, 11) is 0. The molecule has 1 heterocycles. The quantitative estimate of drug-likeness (QED) is 0.401. The van der Waals surface area contributed by atoms with Gasteiger partial charge in [-0.3, -0.25) is 3.53 Å². The van der Waals surface area contributed by atoms with Crippen LogP contribution in [0.4, 0.5) is 0 Å². The third-order valence-corrected chi connectivity index (χ3v) is 3.43. The molecule has 1 saturated heterocycles. The Balaban J connectivity index is 2.02. The van der Waals surface area contributed by atoms with Crippen LogP contribution in [0.3, 0.4) is 0 Å². The summed E-state index contributed by atoms with van der Waals surface area (Å²) in [5, 5.41) is 0. The average Bonchev–Trinajstić information content (AvgIpc) is 2.28. The topological polar surface area (TPSA) is 44.5 Å². The van der Waals surface area contributed by atoms with E-state index in [9.17, 15) is 0 Å². The van der Waals surface area contributed by atoms with Gasteiger partial charge in [-0.2, -0.15) is 0 Å². The maximum Gasteiger partial charge on any atom is 0.0169 e. The van der Waals surface area contributed by atoms with E-state index in [2.05, 4.69) is 36.2 Å². The van der Waals surface area contributed by atoms with Crippen molar-refractivity contribution in [3.63, 3.8) is 0 Å². The first-order valence-corrected chi connectivity index (χ1v) is 6.93. The van der Waals surface area contributed by atoms with Gasteiger partial charge in [0.2, 0.25) is 0 Å². The molecule has 15 heavy (non-hydrogen) atoms.